The number of rotatable bonds is 5. The Labute approximate surface area is 138 Å². The Bertz CT molecular complexity index is 570. The SMILES string of the molecule is CC(C)CCN1CC2CCC(C1)C2(O)c1cccc(C(N)=O)c1. The molecule has 1 saturated heterocycles. The molecule has 2 fully saturated rings. The molecule has 3 rings (SSSR count). The molecule has 1 saturated carbocycles. The third kappa shape index (κ3) is 3.02. The minimum absolute atomic E-state index is 0.247. The van der Waals surface area contributed by atoms with Gasteiger partial charge in [-0.1, -0.05) is 26.0 Å². The standard InChI is InChI=1S/C19H28N2O2/c1-13(2)8-9-21-11-16-6-7-17(12-21)19(16,23)15-5-3-4-14(10-15)18(20)22/h3-5,10,13,16-17,23H,6-9,11-12H2,1-2H3,(H2,20,22). The van der Waals surface area contributed by atoms with E-state index in [2.05, 4.69) is 18.7 Å². The highest BCUT2D eigenvalue weighted by atomic mass is 16.3. The van der Waals surface area contributed by atoms with E-state index in [-0.39, 0.29) is 11.8 Å². The number of nitrogens with zero attached hydrogens (tertiary/aromatic N) is 1. The summed E-state index contributed by atoms with van der Waals surface area (Å²) in [5.74, 6) is 0.769. The van der Waals surface area contributed by atoms with E-state index in [9.17, 15) is 9.90 Å². The van der Waals surface area contributed by atoms with Crippen molar-refractivity contribution in [1.82, 2.24) is 4.90 Å². The number of nitrogens with two attached hydrogens (primary N) is 1. The number of aliphatic hydroxyl groups is 1. The normalized spacial score (nSPS) is 30.8. The van der Waals surface area contributed by atoms with Crippen molar-refractivity contribution in [3.8, 4) is 0 Å². The van der Waals surface area contributed by atoms with Crippen LogP contribution < -0.4 is 5.73 Å². The minimum Gasteiger partial charge on any atom is -0.384 e. The number of hydrogen-bond donors (Lipinski definition) is 2. The Morgan fingerprint density at radius 1 is 1.35 bits per heavy atom. The number of amides is 1. The molecule has 1 aromatic rings. The second-order valence-electron chi connectivity index (χ2n) is 7.68. The third-order valence-corrected chi connectivity index (χ3v) is 5.70. The van der Waals surface area contributed by atoms with Gasteiger partial charge in [0.2, 0.25) is 5.91 Å². The zero-order valence-corrected chi connectivity index (χ0v) is 14.2. The van der Waals surface area contributed by atoms with Crippen LogP contribution in [0.2, 0.25) is 0 Å². The van der Waals surface area contributed by atoms with E-state index >= 15 is 0 Å². The third-order valence-electron chi connectivity index (χ3n) is 5.70. The fourth-order valence-electron chi connectivity index (χ4n) is 4.35. The summed E-state index contributed by atoms with van der Waals surface area (Å²) in [6.45, 7) is 7.51. The fraction of sp³-hybridized carbons (Fsp3) is 0.632. The molecule has 3 N–H and O–H groups in total. The number of fused-ring (bicyclic) bond motifs is 2. The predicted octanol–water partition coefficient (Wildman–Crippen LogP) is 2.36. The van der Waals surface area contributed by atoms with Gasteiger partial charge in [-0.25, -0.2) is 0 Å². The lowest BCUT2D eigenvalue weighted by Crippen LogP contribution is -2.52. The molecule has 2 unspecified atom stereocenters. The molecule has 1 aliphatic heterocycles. The summed E-state index contributed by atoms with van der Waals surface area (Å²) in [6.07, 6.45) is 3.31. The summed E-state index contributed by atoms with van der Waals surface area (Å²) in [4.78, 5) is 14.0. The fourth-order valence-corrected chi connectivity index (χ4v) is 4.35. The van der Waals surface area contributed by atoms with Gasteiger partial charge in [-0.2, -0.15) is 0 Å². The molecule has 1 amide bonds. The van der Waals surface area contributed by atoms with Crippen molar-refractivity contribution in [3.05, 3.63) is 35.4 Å². The number of carbonyl (C=O) groups is 1. The summed E-state index contributed by atoms with van der Waals surface area (Å²) in [6, 6.07) is 7.28. The van der Waals surface area contributed by atoms with Crippen LogP contribution >= 0.6 is 0 Å². The van der Waals surface area contributed by atoms with Crippen molar-refractivity contribution >= 4 is 5.91 Å². The van der Waals surface area contributed by atoms with Gasteiger partial charge in [0, 0.05) is 30.5 Å². The van der Waals surface area contributed by atoms with E-state index in [4.69, 9.17) is 5.73 Å². The number of benzene rings is 1. The molecular weight excluding hydrogens is 288 g/mol. The Kier molecular flexibility index (Phi) is 4.47. The van der Waals surface area contributed by atoms with Crippen molar-refractivity contribution < 1.29 is 9.90 Å². The second-order valence-corrected chi connectivity index (χ2v) is 7.68. The van der Waals surface area contributed by atoms with E-state index < -0.39 is 11.5 Å². The Morgan fingerprint density at radius 3 is 2.57 bits per heavy atom. The number of likely N-dealkylation sites (tertiary alicyclic amines) is 1. The van der Waals surface area contributed by atoms with Crippen molar-refractivity contribution in [3.63, 3.8) is 0 Å². The van der Waals surface area contributed by atoms with Gasteiger partial charge in [0.05, 0.1) is 5.60 Å². The van der Waals surface area contributed by atoms with E-state index in [1.165, 1.54) is 6.42 Å². The molecule has 23 heavy (non-hydrogen) atoms. The van der Waals surface area contributed by atoms with Crippen molar-refractivity contribution in [2.45, 2.75) is 38.7 Å². The molecule has 2 aliphatic rings. The van der Waals surface area contributed by atoms with Gasteiger partial charge < -0.3 is 15.7 Å². The largest absolute Gasteiger partial charge is 0.384 e. The van der Waals surface area contributed by atoms with Crippen LogP contribution in [0.15, 0.2) is 24.3 Å². The van der Waals surface area contributed by atoms with Gasteiger partial charge in [-0.15, -0.1) is 0 Å². The summed E-state index contributed by atoms with van der Waals surface area (Å²) in [5.41, 5.74) is 5.95. The van der Waals surface area contributed by atoms with Crippen LogP contribution in [0.5, 0.6) is 0 Å². The van der Waals surface area contributed by atoms with Crippen molar-refractivity contribution in [2.75, 3.05) is 19.6 Å². The van der Waals surface area contributed by atoms with Crippen LogP contribution in [0.3, 0.4) is 0 Å². The summed E-state index contributed by atoms with van der Waals surface area (Å²) in [5, 5.41) is 11.5. The van der Waals surface area contributed by atoms with Gasteiger partial charge in [0.1, 0.15) is 0 Å². The molecule has 1 aromatic carbocycles. The number of carbonyl (C=O) groups excluding carboxylic acids is 1. The highest BCUT2D eigenvalue weighted by Crippen LogP contribution is 2.51. The van der Waals surface area contributed by atoms with Crippen LogP contribution in [-0.4, -0.2) is 35.5 Å². The highest BCUT2D eigenvalue weighted by Gasteiger charge is 2.53. The maximum absolute atomic E-state index is 11.5. The summed E-state index contributed by atoms with van der Waals surface area (Å²) in [7, 11) is 0. The first-order valence-corrected chi connectivity index (χ1v) is 8.76. The molecule has 2 bridgehead atoms. The Morgan fingerprint density at radius 2 is 2.00 bits per heavy atom. The predicted molar refractivity (Wildman–Crippen MR) is 91.0 cm³/mol. The first kappa shape index (κ1) is 16.5. The van der Waals surface area contributed by atoms with Gasteiger partial charge in [0.25, 0.3) is 0 Å². The molecule has 2 atom stereocenters. The van der Waals surface area contributed by atoms with E-state index in [1.807, 2.05) is 12.1 Å². The molecule has 1 heterocycles. The van der Waals surface area contributed by atoms with Gasteiger partial charge >= 0.3 is 0 Å². The summed E-state index contributed by atoms with van der Waals surface area (Å²) >= 11 is 0. The smallest absolute Gasteiger partial charge is 0.248 e. The van der Waals surface area contributed by atoms with E-state index in [0.29, 0.717) is 11.5 Å². The average Bonchev–Trinajstić information content (AvgIpc) is 2.72. The molecule has 4 heteroatoms. The minimum atomic E-state index is -0.806. The molecule has 0 aromatic heterocycles. The Hall–Kier alpha value is -1.39. The first-order chi connectivity index (χ1) is 10.9. The number of primary amides is 1. The van der Waals surface area contributed by atoms with Crippen molar-refractivity contribution in [2.24, 2.45) is 23.5 Å². The lowest BCUT2D eigenvalue weighted by molar-refractivity contribution is -0.0901. The van der Waals surface area contributed by atoms with Crippen molar-refractivity contribution in [1.29, 1.82) is 0 Å². The van der Waals surface area contributed by atoms with E-state index in [0.717, 1.165) is 38.0 Å². The lowest BCUT2D eigenvalue weighted by Gasteiger charge is -2.45. The topological polar surface area (TPSA) is 66.6 Å². The molecule has 4 nitrogen and oxygen atoms in total. The van der Waals surface area contributed by atoms with Crippen LogP contribution in [0.1, 0.15) is 49.0 Å². The zero-order chi connectivity index (χ0) is 16.6. The lowest BCUT2D eigenvalue weighted by atomic mass is 9.75. The van der Waals surface area contributed by atoms with Crippen LogP contribution in [0, 0.1) is 17.8 Å². The van der Waals surface area contributed by atoms with E-state index in [1.54, 1.807) is 12.1 Å². The summed E-state index contributed by atoms with van der Waals surface area (Å²) < 4.78 is 0. The van der Waals surface area contributed by atoms with Crippen LogP contribution in [0.25, 0.3) is 0 Å². The van der Waals surface area contributed by atoms with Gasteiger partial charge in [-0.05, 0) is 49.4 Å². The number of hydrogen-bond acceptors (Lipinski definition) is 3. The monoisotopic (exact) mass is 316 g/mol. The number of piperidine rings is 1. The molecule has 126 valence electrons. The second kappa shape index (κ2) is 6.25. The maximum Gasteiger partial charge on any atom is 0.248 e. The quantitative estimate of drug-likeness (QED) is 0.876. The molecular formula is C19H28N2O2. The van der Waals surface area contributed by atoms with Gasteiger partial charge in [0.15, 0.2) is 0 Å². The molecule has 1 aliphatic carbocycles. The maximum atomic E-state index is 11.5. The molecule has 0 radical (unpaired) electrons. The Balaban J connectivity index is 1.81. The van der Waals surface area contributed by atoms with Crippen LogP contribution in [-0.2, 0) is 5.60 Å². The van der Waals surface area contributed by atoms with Gasteiger partial charge in [-0.3, -0.25) is 4.79 Å². The first-order valence-electron chi connectivity index (χ1n) is 8.76. The van der Waals surface area contributed by atoms with Crippen LogP contribution in [0.4, 0.5) is 0 Å². The highest BCUT2D eigenvalue weighted by molar-refractivity contribution is 5.92. The average molecular weight is 316 g/mol. The zero-order valence-electron chi connectivity index (χ0n) is 14.2. The molecule has 0 spiro atoms.